The van der Waals surface area contributed by atoms with Crippen LogP contribution in [0.15, 0.2) is 28.9 Å². The van der Waals surface area contributed by atoms with E-state index in [0.717, 1.165) is 50.7 Å². The van der Waals surface area contributed by atoms with Crippen molar-refractivity contribution >= 4 is 5.97 Å². The Bertz CT molecular complexity index is 679. The third-order valence-corrected chi connectivity index (χ3v) is 7.40. The lowest BCUT2D eigenvalue weighted by atomic mass is 9.46. The molecule has 0 saturated heterocycles. The topological polar surface area (TPSA) is 65.5 Å². The van der Waals surface area contributed by atoms with Crippen LogP contribution in [0.5, 0.6) is 0 Å². The fourth-order valence-corrected chi connectivity index (χ4v) is 6.03. The average molecular weight is 360 g/mol. The highest BCUT2D eigenvalue weighted by Gasteiger charge is 2.57. The molecule has 0 aromatic carbocycles. The molecule has 2 aliphatic carbocycles. The summed E-state index contributed by atoms with van der Waals surface area (Å²) in [6.45, 7) is 9.36. The van der Waals surface area contributed by atoms with Crippen LogP contribution in [0.3, 0.4) is 0 Å². The Labute approximate surface area is 157 Å². The predicted octanol–water partition coefficient (Wildman–Crippen LogP) is 4.62. The average Bonchev–Trinajstić information content (AvgIpc) is 3.07. The van der Waals surface area contributed by atoms with E-state index in [-0.39, 0.29) is 16.8 Å². The first-order chi connectivity index (χ1) is 12.4. The molecule has 144 valence electrons. The van der Waals surface area contributed by atoms with Gasteiger partial charge in [-0.15, -0.1) is 0 Å². The molecule has 1 unspecified atom stereocenters. The van der Waals surface area contributed by atoms with Crippen molar-refractivity contribution in [1.82, 2.24) is 0 Å². The summed E-state index contributed by atoms with van der Waals surface area (Å²) < 4.78 is 10.7. The standard InChI is InChI=1S/C22H33NO3/c1-15-6-9-19-21(2,11-5-12-22(19,3)20(24)25-4)17(15)8-7-16-10-13-26-18(16)14-23/h10,13,17,19H,1,5-9,11-12,14,23H2,2-4H3/t17-,19?,21+,22-/m0/s1. The third kappa shape index (κ3) is 3.02. The van der Waals surface area contributed by atoms with Crippen molar-refractivity contribution in [1.29, 1.82) is 0 Å². The van der Waals surface area contributed by atoms with Gasteiger partial charge in [-0.05, 0) is 74.3 Å². The first kappa shape index (κ1) is 19.2. The summed E-state index contributed by atoms with van der Waals surface area (Å²) in [5, 5.41) is 0. The van der Waals surface area contributed by atoms with Crippen LogP contribution in [-0.4, -0.2) is 13.1 Å². The van der Waals surface area contributed by atoms with E-state index in [4.69, 9.17) is 14.9 Å². The summed E-state index contributed by atoms with van der Waals surface area (Å²) >= 11 is 0. The Kier molecular flexibility index (Phi) is 5.34. The molecule has 3 rings (SSSR count). The summed E-state index contributed by atoms with van der Waals surface area (Å²) in [5.41, 5.74) is 8.06. The molecule has 0 aliphatic heterocycles. The van der Waals surface area contributed by atoms with Gasteiger partial charge in [-0.25, -0.2) is 0 Å². The minimum absolute atomic E-state index is 0.0417. The van der Waals surface area contributed by atoms with Gasteiger partial charge in [0.15, 0.2) is 0 Å². The van der Waals surface area contributed by atoms with Crippen LogP contribution in [0.2, 0.25) is 0 Å². The molecule has 2 saturated carbocycles. The van der Waals surface area contributed by atoms with Gasteiger partial charge >= 0.3 is 5.97 Å². The maximum atomic E-state index is 12.6. The summed E-state index contributed by atoms with van der Waals surface area (Å²) in [4.78, 5) is 12.6. The number of allylic oxidation sites excluding steroid dienone is 1. The van der Waals surface area contributed by atoms with E-state index in [2.05, 4.69) is 20.4 Å². The number of carbonyl (C=O) groups is 1. The van der Waals surface area contributed by atoms with Gasteiger partial charge in [-0.3, -0.25) is 4.79 Å². The largest absolute Gasteiger partial charge is 0.469 e. The number of hydrogen-bond donors (Lipinski definition) is 1. The molecule has 2 fully saturated rings. The number of nitrogens with two attached hydrogens (primary N) is 1. The molecule has 0 radical (unpaired) electrons. The van der Waals surface area contributed by atoms with Crippen LogP contribution in [0, 0.1) is 22.7 Å². The van der Waals surface area contributed by atoms with E-state index in [9.17, 15) is 4.79 Å². The van der Waals surface area contributed by atoms with E-state index in [0.29, 0.717) is 18.4 Å². The molecular weight excluding hydrogens is 326 g/mol. The van der Waals surface area contributed by atoms with E-state index in [1.807, 2.05) is 6.07 Å². The highest BCUT2D eigenvalue weighted by atomic mass is 16.5. The van der Waals surface area contributed by atoms with Crippen molar-refractivity contribution < 1.29 is 13.9 Å². The highest BCUT2D eigenvalue weighted by molar-refractivity contribution is 5.77. The molecule has 0 amide bonds. The number of methoxy groups -OCH3 is 1. The van der Waals surface area contributed by atoms with Crippen molar-refractivity contribution in [3.05, 3.63) is 35.8 Å². The zero-order valence-electron chi connectivity index (χ0n) is 16.5. The second-order valence-corrected chi connectivity index (χ2v) is 8.68. The van der Waals surface area contributed by atoms with Crippen LogP contribution in [0.1, 0.15) is 63.7 Å². The summed E-state index contributed by atoms with van der Waals surface area (Å²) in [5.74, 6) is 1.62. The second kappa shape index (κ2) is 7.22. The number of furan rings is 1. The van der Waals surface area contributed by atoms with Gasteiger partial charge < -0.3 is 14.9 Å². The lowest BCUT2D eigenvalue weighted by Gasteiger charge is -2.57. The van der Waals surface area contributed by atoms with Crippen molar-refractivity contribution in [2.45, 2.75) is 65.3 Å². The summed E-state index contributed by atoms with van der Waals surface area (Å²) in [7, 11) is 1.52. The Morgan fingerprint density at radius 2 is 2.19 bits per heavy atom. The van der Waals surface area contributed by atoms with Crippen LogP contribution < -0.4 is 5.73 Å². The zero-order chi connectivity index (χ0) is 18.9. The number of fused-ring (bicyclic) bond motifs is 1. The number of aryl methyl sites for hydroxylation is 1. The maximum absolute atomic E-state index is 12.6. The predicted molar refractivity (Wildman–Crippen MR) is 102 cm³/mol. The van der Waals surface area contributed by atoms with Gasteiger partial charge in [-0.2, -0.15) is 0 Å². The Morgan fingerprint density at radius 1 is 1.42 bits per heavy atom. The number of carbonyl (C=O) groups excluding carboxylic acids is 1. The van der Waals surface area contributed by atoms with Gasteiger partial charge in [0.1, 0.15) is 5.76 Å². The number of ether oxygens (including phenoxy) is 1. The number of hydrogen-bond acceptors (Lipinski definition) is 4. The lowest BCUT2D eigenvalue weighted by Crippen LogP contribution is -2.53. The third-order valence-electron chi connectivity index (χ3n) is 7.40. The Balaban J connectivity index is 1.85. The van der Waals surface area contributed by atoms with Gasteiger partial charge in [0.05, 0.1) is 25.3 Å². The number of esters is 1. The lowest BCUT2D eigenvalue weighted by molar-refractivity contribution is -0.168. The quantitative estimate of drug-likeness (QED) is 0.615. The van der Waals surface area contributed by atoms with Crippen molar-refractivity contribution in [2.24, 2.45) is 28.4 Å². The maximum Gasteiger partial charge on any atom is 0.311 e. The van der Waals surface area contributed by atoms with Gasteiger partial charge in [-0.1, -0.05) is 25.5 Å². The van der Waals surface area contributed by atoms with Crippen LogP contribution in [0.25, 0.3) is 0 Å². The second-order valence-electron chi connectivity index (χ2n) is 8.68. The summed E-state index contributed by atoms with van der Waals surface area (Å²) in [6.07, 6.45) is 8.92. The Hall–Kier alpha value is -1.55. The molecule has 0 spiro atoms. The molecule has 1 aromatic rings. The van der Waals surface area contributed by atoms with E-state index < -0.39 is 0 Å². The normalized spacial score (nSPS) is 34.4. The smallest absolute Gasteiger partial charge is 0.311 e. The van der Waals surface area contributed by atoms with Gasteiger partial charge in [0.25, 0.3) is 0 Å². The minimum Gasteiger partial charge on any atom is -0.469 e. The molecule has 26 heavy (non-hydrogen) atoms. The molecule has 0 bridgehead atoms. The van der Waals surface area contributed by atoms with Crippen molar-refractivity contribution in [3.63, 3.8) is 0 Å². The Morgan fingerprint density at radius 3 is 2.88 bits per heavy atom. The fourth-order valence-electron chi connectivity index (χ4n) is 6.03. The van der Waals surface area contributed by atoms with E-state index >= 15 is 0 Å². The fraction of sp³-hybridized carbons (Fsp3) is 0.682. The van der Waals surface area contributed by atoms with Crippen molar-refractivity contribution in [2.75, 3.05) is 7.11 Å². The SMILES string of the molecule is C=C1CCC2[C@](C)(CCC[C@]2(C)C(=O)OC)[C@H]1CCc1ccoc1CN. The minimum atomic E-state index is -0.376. The molecule has 2 N–H and O–H groups in total. The van der Waals surface area contributed by atoms with Crippen LogP contribution in [0.4, 0.5) is 0 Å². The van der Waals surface area contributed by atoms with Gasteiger partial charge in [0, 0.05) is 0 Å². The molecule has 1 aromatic heterocycles. The summed E-state index contributed by atoms with van der Waals surface area (Å²) in [6, 6.07) is 2.03. The first-order valence-electron chi connectivity index (χ1n) is 9.88. The zero-order valence-corrected chi connectivity index (χ0v) is 16.5. The van der Waals surface area contributed by atoms with E-state index in [1.165, 1.54) is 18.2 Å². The molecule has 2 aliphatic rings. The molecule has 1 heterocycles. The number of rotatable bonds is 5. The molecular formula is C22H33NO3. The molecule has 4 heteroatoms. The van der Waals surface area contributed by atoms with Crippen LogP contribution >= 0.6 is 0 Å². The molecule has 4 atom stereocenters. The highest BCUT2D eigenvalue weighted by Crippen LogP contribution is 2.62. The monoisotopic (exact) mass is 359 g/mol. The first-order valence-corrected chi connectivity index (χ1v) is 9.88. The van der Waals surface area contributed by atoms with Gasteiger partial charge in [0.2, 0.25) is 0 Å². The van der Waals surface area contributed by atoms with Crippen molar-refractivity contribution in [3.8, 4) is 0 Å². The van der Waals surface area contributed by atoms with Crippen LogP contribution in [-0.2, 0) is 22.5 Å². The molecule has 4 nitrogen and oxygen atoms in total. The van der Waals surface area contributed by atoms with E-state index in [1.54, 1.807) is 6.26 Å².